The van der Waals surface area contributed by atoms with Gasteiger partial charge >= 0.3 is 12.1 Å². The number of carbonyl (C=O) groups excluding carboxylic acids is 1. The molecule has 3 aliphatic rings. The predicted octanol–water partition coefficient (Wildman–Crippen LogP) is 5.58. The zero-order chi connectivity index (χ0) is 26.4. The number of oxazole rings is 1. The topological polar surface area (TPSA) is 115 Å². The summed E-state index contributed by atoms with van der Waals surface area (Å²) >= 11 is 0. The number of rotatable bonds is 6. The van der Waals surface area contributed by atoms with Gasteiger partial charge in [0.05, 0.1) is 36.2 Å². The number of alkyl halides is 3. The fraction of sp³-hybridized carbons (Fsp3) is 0.385. The first kappa shape index (κ1) is 24.9. The van der Waals surface area contributed by atoms with E-state index in [0.717, 1.165) is 36.8 Å². The monoisotopic (exact) mass is 515 g/mol. The quantitative estimate of drug-likeness (QED) is 0.441. The molecule has 0 radical (unpaired) electrons. The molecule has 0 spiro atoms. The summed E-state index contributed by atoms with van der Waals surface area (Å²) in [6.45, 7) is 1.67. The van der Waals surface area contributed by atoms with Crippen molar-refractivity contribution in [2.75, 3.05) is 11.9 Å². The van der Waals surface area contributed by atoms with E-state index in [2.05, 4.69) is 19.7 Å². The van der Waals surface area contributed by atoms with Crippen LogP contribution in [-0.2, 0) is 21.3 Å². The number of carboxylic acids is 1. The van der Waals surface area contributed by atoms with Crippen molar-refractivity contribution in [1.82, 2.24) is 9.97 Å². The Hall–Kier alpha value is -3.73. The molecule has 37 heavy (non-hydrogen) atoms. The Kier molecular flexibility index (Phi) is 6.06. The van der Waals surface area contributed by atoms with Crippen LogP contribution < -0.4 is 5.32 Å². The molecule has 3 aromatic rings. The Morgan fingerprint density at radius 1 is 1.08 bits per heavy atom. The van der Waals surface area contributed by atoms with Crippen molar-refractivity contribution in [1.29, 1.82) is 0 Å². The number of hydrogen-bond donors (Lipinski definition) is 2. The number of hydrogen-bond acceptors (Lipinski definition) is 6. The zero-order valence-electron chi connectivity index (χ0n) is 19.9. The molecule has 1 aliphatic carbocycles. The lowest BCUT2D eigenvalue weighted by atomic mass is 9.63. The standard InChI is InChI=1S/C26H24F3N3O5/c1-15-31-21(22(37-15)26(27,28)29)23(35)32-18-6-7-19(30-13-18)16-2-4-17(5-3-16)25-10-8-24(9-11-25,14-36-25)12-20(33)34/h2-7,13H,8-12,14H2,1H3,(H,32,35)(H,33,34). The number of halogens is 3. The maximum Gasteiger partial charge on any atom is 0.452 e. The van der Waals surface area contributed by atoms with Crippen LogP contribution in [-0.4, -0.2) is 33.6 Å². The molecule has 1 aromatic carbocycles. The SMILES string of the molecule is Cc1nc(C(=O)Nc2ccc(-c3ccc(C45CCC(CC(=O)O)(CC4)CO5)cc3)nc2)c(C(F)(F)F)o1. The van der Waals surface area contributed by atoms with Gasteiger partial charge in [-0.15, -0.1) is 0 Å². The number of ether oxygens (including phenoxy) is 1. The van der Waals surface area contributed by atoms with Crippen LogP contribution in [0.3, 0.4) is 0 Å². The van der Waals surface area contributed by atoms with E-state index in [1.165, 1.54) is 13.1 Å². The van der Waals surface area contributed by atoms with Gasteiger partial charge in [-0.2, -0.15) is 13.2 Å². The fourth-order valence-corrected chi connectivity index (χ4v) is 5.23. The van der Waals surface area contributed by atoms with Gasteiger partial charge in [0.25, 0.3) is 5.91 Å². The number of carboxylic acid groups (broad SMARTS) is 1. The molecule has 1 amide bonds. The van der Waals surface area contributed by atoms with Crippen molar-refractivity contribution >= 4 is 17.6 Å². The number of anilines is 1. The van der Waals surface area contributed by atoms with Crippen LogP contribution in [0.2, 0.25) is 0 Å². The smallest absolute Gasteiger partial charge is 0.452 e. The van der Waals surface area contributed by atoms with Crippen molar-refractivity contribution in [2.45, 2.75) is 50.8 Å². The van der Waals surface area contributed by atoms with E-state index in [1.54, 1.807) is 12.1 Å². The lowest BCUT2D eigenvalue weighted by molar-refractivity contribution is -0.195. The van der Waals surface area contributed by atoms with Gasteiger partial charge < -0.3 is 19.6 Å². The average Bonchev–Trinajstić information content (AvgIpc) is 3.28. The van der Waals surface area contributed by atoms with E-state index in [4.69, 9.17) is 4.74 Å². The number of amides is 1. The lowest BCUT2D eigenvalue weighted by Gasteiger charge is -2.53. The first-order chi connectivity index (χ1) is 17.5. The molecule has 2 aliphatic heterocycles. The predicted molar refractivity (Wildman–Crippen MR) is 125 cm³/mol. The molecule has 2 bridgehead atoms. The fourth-order valence-electron chi connectivity index (χ4n) is 5.23. The maximum atomic E-state index is 13.1. The van der Waals surface area contributed by atoms with Crippen molar-refractivity contribution in [3.05, 3.63) is 65.5 Å². The van der Waals surface area contributed by atoms with Gasteiger partial charge in [0.1, 0.15) is 0 Å². The van der Waals surface area contributed by atoms with E-state index in [0.29, 0.717) is 12.3 Å². The molecule has 2 N–H and O–H groups in total. The largest absolute Gasteiger partial charge is 0.481 e. The molecular formula is C26H24F3N3O5. The van der Waals surface area contributed by atoms with Crippen LogP contribution in [0.1, 0.15) is 59.8 Å². The van der Waals surface area contributed by atoms with Gasteiger partial charge in [-0.1, -0.05) is 24.3 Å². The van der Waals surface area contributed by atoms with Gasteiger partial charge in [0.15, 0.2) is 11.6 Å². The molecule has 6 rings (SSSR count). The Bertz CT molecular complexity index is 1310. The Balaban J connectivity index is 1.26. The van der Waals surface area contributed by atoms with Crippen LogP contribution in [0, 0.1) is 12.3 Å². The van der Waals surface area contributed by atoms with Crippen molar-refractivity contribution < 1.29 is 37.0 Å². The van der Waals surface area contributed by atoms with Crippen molar-refractivity contribution in [3.8, 4) is 11.3 Å². The summed E-state index contributed by atoms with van der Waals surface area (Å²) in [5, 5.41) is 11.6. The summed E-state index contributed by atoms with van der Waals surface area (Å²) in [6.07, 6.45) is -0.188. The number of nitrogens with one attached hydrogen (secondary N) is 1. The summed E-state index contributed by atoms with van der Waals surface area (Å²) in [7, 11) is 0. The molecule has 0 unspecified atom stereocenters. The third kappa shape index (κ3) is 4.83. The molecule has 3 fully saturated rings. The first-order valence-electron chi connectivity index (χ1n) is 11.8. The summed E-state index contributed by atoms with van der Waals surface area (Å²) in [6, 6.07) is 11.0. The number of fused-ring (bicyclic) bond motifs is 3. The van der Waals surface area contributed by atoms with Crippen molar-refractivity contribution in [3.63, 3.8) is 0 Å². The molecule has 1 saturated carbocycles. The van der Waals surface area contributed by atoms with Gasteiger partial charge in [0, 0.05) is 17.9 Å². The van der Waals surface area contributed by atoms with E-state index in [-0.39, 0.29) is 23.4 Å². The van der Waals surface area contributed by atoms with Crippen LogP contribution in [0.5, 0.6) is 0 Å². The van der Waals surface area contributed by atoms with Crippen LogP contribution in [0.4, 0.5) is 18.9 Å². The number of aryl methyl sites for hydroxylation is 1. The molecule has 0 atom stereocenters. The van der Waals surface area contributed by atoms with Gasteiger partial charge in [-0.3, -0.25) is 14.6 Å². The van der Waals surface area contributed by atoms with E-state index < -0.39 is 35.1 Å². The average molecular weight is 515 g/mol. The second-order valence-corrected chi connectivity index (χ2v) is 9.73. The van der Waals surface area contributed by atoms with Crippen molar-refractivity contribution in [2.24, 2.45) is 5.41 Å². The maximum absolute atomic E-state index is 13.1. The number of nitrogens with zero attached hydrogens (tertiary/aromatic N) is 2. The van der Waals surface area contributed by atoms with E-state index >= 15 is 0 Å². The zero-order valence-corrected chi connectivity index (χ0v) is 19.9. The minimum atomic E-state index is -4.84. The highest BCUT2D eigenvalue weighted by molar-refractivity contribution is 6.03. The van der Waals surface area contributed by atoms with Crippen LogP contribution in [0.25, 0.3) is 11.3 Å². The molecule has 11 heteroatoms. The van der Waals surface area contributed by atoms with E-state index in [1.807, 2.05) is 24.3 Å². The number of pyridine rings is 1. The number of carbonyl (C=O) groups is 2. The summed E-state index contributed by atoms with van der Waals surface area (Å²) in [5.74, 6) is -3.55. The summed E-state index contributed by atoms with van der Waals surface area (Å²) < 4.78 is 50.1. The summed E-state index contributed by atoms with van der Waals surface area (Å²) in [5.41, 5.74) is 1.16. The molecule has 2 saturated heterocycles. The first-order valence-corrected chi connectivity index (χ1v) is 11.8. The highest BCUT2D eigenvalue weighted by Crippen LogP contribution is 2.55. The Labute approximate surface area is 209 Å². The Morgan fingerprint density at radius 3 is 2.32 bits per heavy atom. The minimum absolute atomic E-state index is 0.131. The number of aliphatic carboxylic acids is 1. The van der Waals surface area contributed by atoms with Crippen LogP contribution in [0.15, 0.2) is 47.0 Å². The number of aromatic nitrogens is 2. The third-order valence-electron chi connectivity index (χ3n) is 7.23. The van der Waals surface area contributed by atoms with E-state index in [9.17, 15) is 27.9 Å². The second kappa shape index (κ2) is 8.98. The second-order valence-electron chi connectivity index (χ2n) is 9.73. The lowest BCUT2D eigenvalue weighted by Crippen LogP contribution is -2.50. The molecule has 8 nitrogen and oxygen atoms in total. The number of benzene rings is 1. The van der Waals surface area contributed by atoms with Gasteiger partial charge in [-0.25, -0.2) is 4.98 Å². The Morgan fingerprint density at radius 2 is 1.78 bits per heavy atom. The molecule has 194 valence electrons. The normalized spacial score (nSPS) is 23.1. The minimum Gasteiger partial charge on any atom is -0.481 e. The molecule has 4 heterocycles. The highest BCUT2D eigenvalue weighted by atomic mass is 19.4. The van der Waals surface area contributed by atoms with Gasteiger partial charge in [0.2, 0.25) is 5.76 Å². The molecule has 2 aromatic heterocycles. The van der Waals surface area contributed by atoms with Crippen LogP contribution >= 0.6 is 0 Å². The summed E-state index contributed by atoms with van der Waals surface area (Å²) in [4.78, 5) is 31.5. The molecular weight excluding hydrogens is 491 g/mol. The third-order valence-corrected chi connectivity index (χ3v) is 7.23. The van der Waals surface area contributed by atoms with Gasteiger partial charge in [-0.05, 0) is 43.4 Å². The highest BCUT2D eigenvalue weighted by Gasteiger charge is 2.51.